The maximum absolute atomic E-state index is 12.3. The number of aliphatic carboxylic acids is 1. The van der Waals surface area contributed by atoms with Crippen LogP contribution in [0, 0.1) is 5.92 Å². The molecule has 1 N–H and O–H groups in total. The van der Waals surface area contributed by atoms with Crippen molar-refractivity contribution in [1.82, 2.24) is 9.80 Å². The Morgan fingerprint density at radius 2 is 1.78 bits per heavy atom. The van der Waals surface area contributed by atoms with E-state index in [2.05, 4.69) is 13.8 Å². The molecule has 1 aliphatic heterocycles. The summed E-state index contributed by atoms with van der Waals surface area (Å²) in [7, 11) is 1.56. The number of carboxylic acid groups (broad SMARTS) is 1. The summed E-state index contributed by atoms with van der Waals surface area (Å²) in [6.07, 6.45) is 0.905. The van der Waals surface area contributed by atoms with Crippen molar-refractivity contribution < 1.29 is 24.2 Å². The van der Waals surface area contributed by atoms with Crippen LogP contribution in [0.15, 0.2) is 24.3 Å². The maximum atomic E-state index is 12.3. The summed E-state index contributed by atoms with van der Waals surface area (Å²) in [6.45, 7) is 4.87. The van der Waals surface area contributed by atoms with Crippen LogP contribution < -0.4 is 4.74 Å². The van der Waals surface area contributed by atoms with E-state index in [1.807, 2.05) is 24.3 Å². The molecule has 0 aromatic heterocycles. The molecule has 27 heavy (non-hydrogen) atoms. The van der Waals surface area contributed by atoms with E-state index in [1.165, 1.54) is 10.5 Å². The first kappa shape index (κ1) is 20.7. The Morgan fingerprint density at radius 3 is 2.30 bits per heavy atom. The maximum Gasteiger partial charge on any atom is 0.306 e. The van der Waals surface area contributed by atoms with E-state index in [1.54, 1.807) is 11.9 Å². The fourth-order valence-corrected chi connectivity index (χ4v) is 2.97. The van der Waals surface area contributed by atoms with E-state index >= 15 is 0 Å². The number of benzene rings is 1. The van der Waals surface area contributed by atoms with Crippen LogP contribution in [0.1, 0.15) is 38.2 Å². The molecule has 1 aromatic carbocycles. The molecule has 2 rings (SSSR count). The van der Waals surface area contributed by atoms with Gasteiger partial charge in [-0.1, -0.05) is 26.0 Å². The standard InChI is InChI=1S/C20H28N2O5/c1-14(2)15-4-6-17(7-5-15)27-13-19(24)21(3)12-18(23)22-10-8-16(9-11-22)20(25)26/h4-7,14,16H,8-13H2,1-3H3,(H,25,26). The van der Waals surface area contributed by atoms with Gasteiger partial charge < -0.3 is 19.6 Å². The number of likely N-dealkylation sites (tertiary alicyclic amines) is 1. The summed E-state index contributed by atoms with van der Waals surface area (Å²) in [5.41, 5.74) is 1.20. The number of piperidine rings is 1. The second-order valence-electron chi connectivity index (χ2n) is 7.26. The summed E-state index contributed by atoms with van der Waals surface area (Å²) in [6, 6.07) is 7.61. The van der Waals surface area contributed by atoms with Crippen LogP contribution in [0.4, 0.5) is 0 Å². The molecule has 2 amide bonds. The highest BCUT2D eigenvalue weighted by Gasteiger charge is 2.27. The van der Waals surface area contributed by atoms with Crippen molar-refractivity contribution in [2.75, 3.05) is 33.3 Å². The van der Waals surface area contributed by atoms with Crippen molar-refractivity contribution in [2.45, 2.75) is 32.6 Å². The average Bonchev–Trinajstić information content (AvgIpc) is 2.66. The molecule has 7 nitrogen and oxygen atoms in total. The Morgan fingerprint density at radius 1 is 1.19 bits per heavy atom. The second-order valence-corrected chi connectivity index (χ2v) is 7.26. The van der Waals surface area contributed by atoms with Crippen molar-refractivity contribution >= 4 is 17.8 Å². The van der Waals surface area contributed by atoms with Crippen LogP contribution in [-0.2, 0) is 14.4 Å². The van der Waals surface area contributed by atoms with E-state index in [9.17, 15) is 14.4 Å². The lowest BCUT2D eigenvalue weighted by Crippen LogP contribution is -2.46. The summed E-state index contributed by atoms with van der Waals surface area (Å²) in [4.78, 5) is 38.4. The van der Waals surface area contributed by atoms with Gasteiger partial charge in [0.15, 0.2) is 6.61 Å². The first-order chi connectivity index (χ1) is 12.8. The molecule has 1 aromatic rings. The second kappa shape index (κ2) is 9.39. The van der Waals surface area contributed by atoms with E-state index in [0.717, 1.165) is 0 Å². The zero-order chi connectivity index (χ0) is 20.0. The number of ether oxygens (including phenoxy) is 1. The molecule has 0 atom stereocenters. The van der Waals surface area contributed by atoms with Crippen LogP contribution in [0.3, 0.4) is 0 Å². The van der Waals surface area contributed by atoms with Gasteiger partial charge >= 0.3 is 5.97 Å². The minimum absolute atomic E-state index is 0.0355. The zero-order valence-corrected chi connectivity index (χ0v) is 16.2. The van der Waals surface area contributed by atoms with Crippen molar-refractivity contribution in [3.05, 3.63) is 29.8 Å². The third-order valence-corrected chi connectivity index (χ3v) is 4.90. The van der Waals surface area contributed by atoms with Gasteiger partial charge in [-0.15, -0.1) is 0 Å². The summed E-state index contributed by atoms with van der Waals surface area (Å²) in [5.74, 6) is -0.605. The average molecular weight is 376 g/mol. The highest BCUT2D eigenvalue weighted by molar-refractivity contribution is 5.85. The molecule has 0 aliphatic carbocycles. The highest BCUT2D eigenvalue weighted by atomic mass is 16.5. The molecule has 1 aliphatic rings. The number of hydrogen-bond donors (Lipinski definition) is 1. The van der Waals surface area contributed by atoms with Crippen LogP contribution in [0.2, 0.25) is 0 Å². The van der Waals surface area contributed by atoms with Gasteiger partial charge in [0.05, 0.1) is 12.5 Å². The zero-order valence-electron chi connectivity index (χ0n) is 16.2. The number of hydrogen-bond acceptors (Lipinski definition) is 4. The molecule has 7 heteroatoms. The smallest absolute Gasteiger partial charge is 0.306 e. The topological polar surface area (TPSA) is 87.2 Å². The van der Waals surface area contributed by atoms with E-state index < -0.39 is 5.97 Å². The van der Waals surface area contributed by atoms with Gasteiger partial charge in [0, 0.05) is 20.1 Å². The number of amides is 2. The Hall–Kier alpha value is -2.57. The van der Waals surface area contributed by atoms with Gasteiger partial charge in [-0.05, 0) is 36.5 Å². The number of likely N-dealkylation sites (N-methyl/N-ethyl adjacent to an activating group) is 1. The first-order valence-electron chi connectivity index (χ1n) is 9.25. The number of carboxylic acids is 1. The molecule has 1 heterocycles. The monoisotopic (exact) mass is 376 g/mol. The normalized spacial score (nSPS) is 14.9. The number of carbonyl (C=O) groups is 3. The Kier molecular flexibility index (Phi) is 7.21. The minimum atomic E-state index is -0.812. The molecular weight excluding hydrogens is 348 g/mol. The highest BCUT2D eigenvalue weighted by Crippen LogP contribution is 2.19. The summed E-state index contributed by atoms with van der Waals surface area (Å²) >= 11 is 0. The van der Waals surface area contributed by atoms with Gasteiger partial charge in [0.25, 0.3) is 5.91 Å². The summed E-state index contributed by atoms with van der Waals surface area (Å²) in [5, 5.41) is 9.01. The quantitative estimate of drug-likeness (QED) is 0.786. The number of nitrogens with zero attached hydrogens (tertiary/aromatic N) is 2. The molecule has 148 valence electrons. The van der Waals surface area contributed by atoms with Crippen molar-refractivity contribution in [3.63, 3.8) is 0 Å². The lowest BCUT2D eigenvalue weighted by Gasteiger charge is -2.31. The van der Waals surface area contributed by atoms with E-state index in [4.69, 9.17) is 9.84 Å². The Balaban J connectivity index is 1.76. The van der Waals surface area contributed by atoms with Crippen molar-refractivity contribution in [3.8, 4) is 5.75 Å². The fourth-order valence-electron chi connectivity index (χ4n) is 2.97. The van der Waals surface area contributed by atoms with E-state index in [0.29, 0.717) is 37.6 Å². The predicted octanol–water partition coefficient (Wildman–Crippen LogP) is 1.97. The third-order valence-electron chi connectivity index (χ3n) is 4.90. The first-order valence-corrected chi connectivity index (χ1v) is 9.25. The minimum Gasteiger partial charge on any atom is -0.484 e. The van der Waals surface area contributed by atoms with Gasteiger partial charge in [-0.2, -0.15) is 0 Å². The van der Waals surface area contributed by atoms with Crippen LogP contribution in [-0.4, -0.2) is 66.0 Å². The van der Waals surface area contributed by atoms with Gasteiger partial charge in [-0.3, -0.25) is 14.4 Å². The lowest BCUT2D eigenvalue weighted by atomic mass is 9.97. The molecule has 1 fully saturated rings. The third kappa shape index (κ3) is 5.98. The number of carbonyl (C=O) groups excluding carboxylic acids is 2. The lowest BCUT2D eigenvalue weighted by molar-refractivity contribution is -0.146. The van der Waals surface area contributed by atoms with Gasteiger partial charge in [0.2, 0.25) is 5.91 Å². The molecule has 0 radical (unpaired) electrons. The molecule has 0 unspecified atom stereocenters. The van der Waals surface area contributed by atoms with Gasteiger partial charge in [0.1, 0.15) is 5.75 Å². The van der Waals surface area contributed by atoms with Crippen LogP contribution in [0.5, 0.6) is 5.75 Å². The molecular formula is C20H28N2O5. The SMILES string of the molecule is CC(C)c1ccc(OCC(=O)N(C)CC(=O)N2CCC(C(=O)O)CC2)cc1. The van der Waals surface area contributed by atoms with Crippen LogP contribution >= 0.6 is 0 Å². The van der Waals surface area contributed by atoms with Gasteiger partial charge in [-0.25, -0.2) is 0 Å². The number of rotatable bonds is 7. The van der Waals surface area contributed by atoms with Crippen molar-refractivity contribution in [1.29, 1.82) is 0 Å². The molecule has 1 saturated heterocycles. The van der Waals surface area contributed by atoms with Crippen molar-refractivity contribution in [2.24, 2.45) is 5.92 Å². The predicted molar refractivity (Wildman–Crippen MR) is 101 cm³/mol. The summed E-state index contributed by atoms with van der Waals surface area (Å²) < 4.78 is 5.51. The Bertz CT molecular complexity index is 663. The van der Waals surface area contributed by atoms with Crippen LogP contribution in [0.25, 0.3) is 0 Å². The Labute approximate surface area is 159 Å². The molecule has 0 bridgehead atoms. The molecule has 0 spiro atoms. The van der Waals surface area contributed by atoms with E-state index in [-0.39, 0.29) is 30.9 Å². The largest absolute Gasteiger partial charge is 0.484 e. The molecule has 0 saturated carbocycles. The fraction of sp³-hybridized carbons (Fsp3) is 0.550.